The quantitative estimate of drug-likeness (QED) is 0.0977. The predicted molar refractivity (Wildman–Crippen MR) is 134 cm³/mol. The molecule has 0 aliphatic rings. The molecule has 0 aromatic carbocycles. The average molecular weight is 607 g/mol. The van der Waals surface area contributed by atoms with Crippen molar-refractivity contribution in [1.82, 2.24) is 0 Å². The van der Waals surface area contributed by atoms with Crippen LogP contribution in [-0.4, -0.2) is 108 Å². The standard InChI is InChI=1S/C12H4N19O5Si4/c13-1-20-38(21-2-14,28-9-33)26-7-27-39(22-3-15,29-10-34)24-5-17-37(19-8-32)18-6-25-40(23-4-16,30-11-35)31-12-36/h13-16H. The van der Waals surface area contributed by atoms with E-state index in [2.05, 4.69) is 69.9 Å². The van der Waals surface area contributed by atoms with Gasteiger partial charge in [0.1, 0.15) is 0 Å². The van der Waals surface area contributed by atoms with E-state index >= 15 is 0 Å². The van der Waals surface area contributed by atoms with Gasteiger partial charge in [0.05, 0.1) is 42.1 Å². The van der Waals surface area contributed by atoms with E-state index in [1.807, 2.05) is 18.0 Å². The lowest BCUT2D eigenvalue weighted by molar-refractivity contribution is 0.564. The van der Waals surface area contributed by atoms with Gasteiger partial charge in [-0.05, 0) is 0 Å². The molecule has 1 radical (unpaired) electrons. The zero-order chi connectivity index (χ0) is 30.2. The van der Waals surface area contributed by atoms with Crippen molar-refractivity contribution in [2.24, 2.45) is 69.9 Å². The van der Waals surface area contributed by atoms with Crippen molar-refractivity contribution in [3.05, 3.63) is 0 Å². The summed E-state index contributed by atoms with van der Waals surface area (Å²) >= 11 is 0. The first-order valence-corrected chi connectivity index (χ1v) is 15.4. The normalized spacial score (nSPS) is 12.5. The van der Waals surface area contributed by atoms with Crippen LogP contribution >= 0.6 is 0 Å². The van der Waals surface area contributed by atoms with Crippen LogP contribution < -0.4 is 0 Å². The molecule has 1 atom stereocenters. The first-order valence-electron chi connectivity index (χ1n) is 8.73. The van der Waals surface area contributed by atoms with Gasteiger partial charge >= 0.3 is 35.4 Å². The van der Waals surface area contributed by atoms with Gasteiger partial charge in [0.25, 0.3) is 0 Å². The van der Waals surface area contributed by atoms with E-state index in [0.717, 1.165) is 30.4 Å². The molecule has 193 valence electrons. The van der Waals surface area contributed by atoms with Gasteiger partial charge < -0.3 is 0 Å². The number of nitrogens with zero attached hydrogens (tertiary/aromatic N) is 15. The fraction of sp³-hybridized carbons (Fsp3) is 0. The van der Waals surface area contributed by atoms with E-state index in [0.29, 0.717) is 0 Å². The predicted octanol–water partition coefficient (Wildman–Crippen LogP) is -1.51. The number of hydrogen-bond acceptors (Lipinski definition) is 24. The first kappa shape index (κ1) is 33.4. The lowest BCUT2D eigenvalue weighted by atomic mass is 11.6. The molecular weight excluding hydrogens is 603 g/mol. The van der Waals surface area contributed by atoms with Crippen molar-refractivity contribution in [2.75, 3.05) is 0 Å². The number of nitrogens with one attached hydrogen (secondary N) is 4. The molecule has 0 saturated heterocycles. The summed E-state index contributed by atoms with van der Waals surface area (Å²) in [6, 6.07) is 11.8. The Morgan fingerprint density at radius 3 is 0.975 bits per heavy atom. The molecular formula is C12H4N19O5Si4. The summed E-state index contributed by atoms with van der Waals surface area (Å²) in [5, 5.41) is 27.7. The third-order valence-electron chi connectivity index (χ3n) is 2.85. The van der Waals surface area contributed by atoms with E-state index in [1.54, 1.807) is 0 Å². The maximum Gasteiger partial charge on any atom is 0.617 e. The van der Waals surface area contributed by atoms with Crippen LogP contribution in [0.2, 0.25) is 0 Å². The van der Waals surface area contributed by atoms with Crippen LogP contribution in [0.3, 0.4) is 0 Å². The third-order valence-corrected chi connectivity index (χ3v) is 8.56. The topological polar surface area (TPSA) is 366 Å². The van der Waals surface area contributed by atoms with E-state index in [9.17, 15) is 24.0 Å². The second kappa shape index (κ2) is 18.7. The van der Waals surface area contributed by atoms with Gasteiger partial charge in [0, 0.05) is 0 Å². The van der Waals surface area contributed by atoms with Crippen molar-refractivity contribution in [3.8, 4) is 0 Å². The lowest BCUT2D eigenvalue weighted by Crippen LogP contribution is -2.27. The molecule has 24 nitrogen and oxygen atoms in total. The molecule has 0 fully saturated rings. The zero-order valence-electron chi connectivity index (χ0n) is 18.7. The molecule has 4 N–H and O–H groups in total. The molecule has 0 rings (SSSR count). The monoisotopic (exact) mass is 606 g/mol. The Kier molecular flexibility index (Phi) is 15.6. The first-order chi connectivity index (χ1) is 19.3. The Balaban J connectivity index is 6.97. The highest BCUT2D eigenvalue weighted by molar-refractivity contribution is 6.77. The van der Waals surface area contributed by atoms with Gasteiger partial charge in [-0.3, -0.25) is 0 Å². The summed E-state index contributed by atoms with van der Waals surface area (Å²) in [4.78, 5) is 53.5. The molecule has 0 bridgehead atoms. The van der Waals surface area contributed by atoms with Crippen LogP contribution in [0.25, 0.3) is 0 Å². The zero-order valence-corrected chi connectivity index (χ0v) is 22.7. The summed E-state index contributed by atoms with van der Waals surface area (Å²) < 4.78 is 50.5. The van der Waals surface area contributed by atoms with Crippen molar-refractivity contribution >= 4 is 108 Å². The van der Waals surface area contributed by atoms with Gasteiger partial charge in [-0.15, -0.1) is 0 Å². The number of rotatable bonds is 15. The molecule has 0 heterocycles. The molecule has 1 unspecified atom stereocenters. The Labute approximate surface area is 223 Å². The third kappa shape index (κ3) is 11.4. The molecule has 0 amide bonds. The van der Waals surface area contributed by atoms with Crippen molar-refractivity contribution in [1.29, 1.82) is 21.6 Å². The maximum absolute atomic E-state index is 10.9. The van der Waals surface area contributed by atoms with Crippen molar-refractivity contribution in [2.45, 2.75) is 0 Å². The minimum atomic E-state index is -4.48. The van der Waals surface area contributed by atoms with Gasteiger partial charge in [-0.2, -0.15) is 60.6 Å². The minimum Gasteiger partial charge on any atom is -0.242 e. The molecule has 0 aromatic rings. The highest BCUT2D eigenvalue weighted by Crippen LogP contribution is 2.11. The van der Waals surface area contributed by atoms with Crippen molar-refractivity contribution < 1.29 is 24.0 Å². The average Bonchev–Trinajstić information content (AvgIpc) is 2.90. The molecule has 0 saturated carbocycles. The summed E-state index contributed by atoms with van der Waals surface area (Å²) in [5.74, 6) is 0. The van der Waals surface area contributed by atoms with Gasteiger partial charge in [0.2, 0.25) is 30.4 Å². The van der Waals surface area contributed by atoms with Crippen LogP contribution in [0.5, 0.6) is 0 Å². The number of carbonyl (C=O) groups excluding carboxylic acids is 5. The molecule has 40 heavy (non-hydrogen) atoms. The Morgan fingerprint density at radius 1 is 0.375 bits per heavy atom. The minimum absolute atomic E-state index is 1.05. The van der Waals surface area contributed by atoms with E-state index in [-0.39, 0.29) is 0 Å². The fourth-order valence-corrected chi connectivity index (χ4v) is 5.08. The van der Waals surface area contributed by atoms with Crippen molar-refractivity contribution in [3.63, 3.8) is 0 Å². The highest BCUT2D eigenvalue weighted by atomic mass is 28.4. The molecule has 0 aliphatic heterocycles. The van der Waals surface area contributed by atoms with Crippen LogP contribution in [0.15, 0.2) is 69.9 Å². The number of isocyanates is 5. The Bertz CT molecular complexity index is 1540. The fourth-order valence-electron chi connectivity index (χ4n) is 1.54. The summed E-state index contributed by atoms with van der Waals surface area (Å²) in [6.45, 7) is 0. The smallest absolute Gasteiger partial charge is 0.242 e. The maximum atomic E-state index is 10.9. The molecule has 0 spiro atoms. The molecule has 28 heteroatoms. The van der Waals surface area contributed by atoms with Gasteiger partial charge in [-0.1, -0.05) is 0 Å². The van der Waals surface area contributed by atoms with Crippen LogP contribution in [-0.2, 0) is 24.0 Å². The second-order valence-corrected chi connectivity index (χ2v) is 12.5. The Hall–Kier alpha value is -6.57. The van der Waals surface area contributed by atoms with Crippen LogP contribution in [0, 0.1) is 21.6 Å². The summed E-state index contributed by atoms with van der Waals surface area (Å²) in [7, 11) is -16.0. The van der Waals surface area contributed by atoms with E-state index in [4.69, 9.17) is 21.6 Å². The molecule has 0 aliphatic carbocycles. The summed E-state index contributed by atoms with van der Waals surface area (Å²) in [5.41, 5.74) is 0. The number of hydrogen-bond donors (Lipinski definition) is 4. The highest BCUT2D eigenvalue weighted by Gasteiger charge is 2.39. The van der Waals surface area contributed by atoms with Crippen LogP contribution in [0.4, 0.5) is 0 Å². The van der Waals surface area contributed by atoms with E-state index in [1.165, 1.54) is 24.0 Å². The van der Waals surface area contributed by atoms with Gasteiger partial charge in [0.15, 0.2) is 0 Å². The summed E-state index contributed by atoms with van der Waals surface area (Å²) in [6.07, 6.45) is 5.42. The largest absolute Gasteiger partial charge is 0.617 e. The SMILES string of the molecule is N=C=N[Si](N=C=O)(N=C=O)N=C=N[Si](N=C=O)N=C=N[Si](N=C=N)(N=C=O)N=C=N[Si](N=C=N)(N=C=N)N=C=O. The molecule has 0 aromatic heterocycles. The van der Waals surface area contributed by atoms with E-state index < -0.39 is 35.4 Å². The lowest BCUT2D eigenvalue weighted by Gasteiger charge is -2.03. The van der Waals surface area contributed by atoms with Crippen LogP contribution in [0.1, 0.15) is 0 Å². The Morgan fingerprint density at radius 2 is 0.675 bits per heavy atom. The van der Waals surface area contributed by atoms with Gasteiger partial charge in [-0.25, -0.2) is 54.9 Å². The second-order valence-electron chi connectivity index (χ2n) is 4.98.